The Morgan fingerprint density at radius 1 is 1.16 bits per heavy atom. The van der Waals surface area contributed by atoms with Gasteiger partial charge in [-0.3, -0.25) is 4.79 Å². The minimum Gasteiger partial charge on any atom is -0.493 e. The quantitative estimate of drug-likeness (QED) is 0.551. The summed E-state index contributed by atoms with van der Waals surface area (Å²) >= 11 is 2.84. The molecular formula is C17H13N3O3S2. The second kappa shape index (κ2) is 6.30. The maximum atomic E-state index is 12.6. The smallest absolute Gasteiger partial charge is 0.291 e. The van der Waals surface area contributed by atoms with Crippen molar-refractivity contribution in [1.82, 2.24) is 14.6 Å². The molecule has 1 aromatic carbocycles. The Balaban J connectivity index is 1.85. The summed E-state index contributed by atoms with van der Waals surface area (Å²) < 4.78 is 12.6. The normalized spacial score (nSPS) is 12.0. The Morgan fingerprint density at radius 3 is 2.72 bits per heavy atom. The summed E-state index contributed by atoms with van der Waals surface area (Å²) in [6.45, 7) is 0. The number of rotatable bonds is 4. The maximum absolute atomic E-state index is 12.6. The minimum absolute atomic E-state index is 0.194. The Labute approximate surface area is 150 Å². The fourth-order valence-electron chi connectivity index (χ4n) is 2.51. The van der Waals surface area contributed by atoms with Crippen molar-refractivity contribution in [2.45, 2.75) is 0 Å². The summed E-state index contributed by atoms with van der Waals surface area (Å²) in [5, 5.41) is 6.29. The monoisotopic (exact) mass is 371 g/mol. The summed E-state index contributed by atoms with van der Waals surface area (Å²) in [7, 11) is 3.15. The number of hydrogen-bond acceptors (Lipinski definition) is 7. The van der Waals surface area contributed by atoms with Crippen LogP contribution >= 0.6 is 22.7 Å². The zero-order chi connectivity index (χ0) is 17.4. The van der Waals surface area contributed by atoms with Crippen molar-refractivity contribution in [1.29, 1.82) is 0 Å². The molecule has 0 aliphatic carbocycles. The Hall–Kier alpha value is -2.71. The number of hydrogen-bond donors (Lipinski definition) is 0. The summed E-state index contributed by atoms with van der Waals surface area (Å²) in [5.74, 6) is 1.77. The van der Waals surface area contributed by atoms with E-state index >= 15 is 0 Å². The molecule has 0 spiro atoms. The predicted molar refractivity (Wildman–Crippen MR) is 98.8 cm³/mol. The van der Waals surface area contributed by atoms with Gasteiger partial charge in [-0.25, -0.2) is 0 Å². The lowest BCUT2D eigenvalue weighted by molar-refractivity contribution is 0.354. The molecule has 0 radical (unpaired) electrons. The van der Waals surface area contributed by atoms with E-state index < -0.39 is 0 Å². The van der Waals surface area contributed by atoms with Gasteiger partial charge in [-0.15, -0.1) is 16.4 Å². The van der Waals surface area contributed by atoms with Crippen molar-refractivity contribution >= 4 is 33.7 Å². The largest absolute Gasteiger partial charge is 0.493 e. The highest BCUT2D eigenvalue weighted by molar-refractivity contribution is 7.15. The van der Waals surface area contributed by atoms with Gasteiger partial charge in [-0.05, 0) is 23.6 Å². The van der Waals surface area contributed by atoms with Crippen LogP contribution in [0.15, 0.2) is 40.5 Å². The van der Waals surface area contributed by atoms with Crippen LogP contribution in [0.2, 0.25) is 0 Å². The lowest BCUT2D eigenvalue weighted by Gasteiger charge is -2.09. The molecule has 0 N–H and O–H groups in total. The lowest BCUT2D eigenvalue weighted by Crippen LogP contribution is -2.23. The molecule has 0 fully saturated rings. The first-order valence-electron chi connectivity index (χ1n) is 7.37. The Morgan fingerprint density at radius 2 is 2.04 bits per heavy atom. The van der Waals surface area contributed by atoms with Crippen LogP contribution in [-0.4, -0.2) is 28.8 Å². The third kappa shape index (κ3) is 2.69. The SMILES string of the molecule is COc1cccc(C=c2sc3nc(-c4cccs4)nn3c2=O)c1OC. The first kappa shape index (κ1) is 15.8. The van der Waals surface area contributed by atoms with Crippen molar-refractivity contribution in [2.75, 3.05) is 14.2 Å². The number of para-hydroxylation sites is 1. The summed E-state index contributed by atoms with van der Waals surface area (Å²) in [6, 6.07) is 9.39. The van der Waals surface area contributed by atoms with Crippen LogP contribution in [0.25, 0.3) is 21.7 Å². The highest BCUT2D eigenvalue weighted by Gasteiger charge is 2.13. The van der Waals surface area contributed by atoms with Crippen LogP contribution < -0.4 is 19.6 Å². The number of fused-ring (bicyclic) bond motifs is 1. The number of thiophene rings is 1. The second-order valence-electron chi connectivity index (χ2n) is 5.11. The van der Waals surface area contributed by atoms with Gasteiger partial charge in [0.25, 0.3) is 5.56 Å². The van der Waals surface area contributed by atoms with Crippen LogP contribution in [0, 0.1) is 0 Å². The molecule has 0 atom stereocenters. The number of ether oxygens (including phenoxy) is 2. The third-order valence-electron chi connectivity index (χ3n) is 3.64. The molecule has 3 heterocycles. The van der Waals surface area contributed by atoms with Gasteiger partial charge in [-0.2, -0.15) is 9.50 Å². The van der Waals surface area contributed by atoms with E-state index in [1.165, 1.54) is 15.9 Å². The van der Waals surface area contributed by atoms with Crippen LogP contribution in [0.1, 0.15) is 5.56 Å². The van der Waals surface area contributed by atoms with E-state index in [0.29, 0.717) is 26.8 Å². The molecule has 3 aromatic heterocycles. The summed E-state index contributed by atoms with van der Waals surface area (Å²) in [6.07, 6.45) is 1.77. The van der Waals surface area contributed by atoms with Crippen LogP contribution in [0.3, 0.4) is 0 Å². The molecule has 0 saturated heterocycles. The molecule has 8 heteroatoms. The first-order valence-corrected chi connectivity index (χ1v) is 9.07. The third-order valence-corrected chi connectivity index (χ3v) is 5.47. The molecule has 0 saturated carbocycles. The topological polar surface area (TPSA) is 65.7 Å². The molecule has 6 nitrogen and oxygen atoms in total. The van der Waals surface area contributed by atoms with Gasteiger partial charge >= 0.3 is 0 Å². The van der Waals surface area contributed by atoms with Crippen molar-refractivity contribution in [3.05, 3.63) is 56.2 Å². The zero-order valence-corrected chi connectivity index (χ0v) is 15.1. The fourth-order valence-corrected chi connectivity index (χ4v) is 4.06. The van der Waals surface area contributed by atoms with Crippen molar-refractivity contribution in [2.24, 2.45) is 0 Å². The summed E-state index contributed by atoms with van der Waals surface area (Å²) in [4.78, 5) is 18.6. The van der Waals surface area contributed by atoms with E-state index in [1.54, 1.807) is 31.6 Å². The highest BCUT2D eigenvalue weighted by atomic mass is 32.1. The number of methoxy groups -OCH3 is 2. The van der Waals surface area contributed by atoms with Gasteiger partial charge in [0.2, 0.25) is 4.96 Å². The van der Waals surface area contributed by atoms with Gasteiger partial charge in [0.05, 0.1) is 23.6 Å². The van der Waals surface area contributed by atoms with Crippen LogP contribution in [-0.2, 0) is 0 Å². The highest BCUT2D eigenvalue weighted by Crippen LogP contribution is 2.31. The van der Waals surface area contributed by atoms with Gasteiger partial charge in [0.1, 0.15) is 0 Å². The molecule has 0 bridgehead atoms. The molecule has 4 aromatic rings. The molecule has 0 aliphatic rings. The molecular weight excluding hydrogens is 358 g/mol. The standard InChI is InChI=1S/C17H13N3O3S2/c1-22-11-6-3-5-10(14(11)23-2)9-13-16(21)20-17(25-13)18-15(19-20)12-7-4-8-24-12/h3-9H,1-2H3. The number of aromatic nitrogens is 3. The van der Waals surface area contributed by atoms with E-state index in [9.17, 15) is 4.79 Å². The van der Waals surface area contributed by atoms with E-state index in [4.69, 9.17) is 9.47 Å². The summed E-state index contributed by atoms with van der Waals surface area (Å²) in [5.41, 5.74) is 0.571. The van der Waals surface area contributed by atoms with E-state index in [1.807, 2.05) is 35.7 Å². The second-order valence-corrected chi connectivity index (χ2v) is 7.06. The average Bonchev–Trinajstić information content (AvgIpc) is 3.34. The van der Waals surface area contributed by atoms with Crippen molar-refractivity contribution < 1.29 is 9.47 Å². The van der Waals surface area contributed by atoms with Gasteiger partial charge in [-0.1, -0.05) is 29.5 Å². The van der Waals surface area contributed by atoms with Gasteiger partial charge < -0.3 is 9.47 Å². The van der Waals surface area contributed by atoms with Crippen LogP contribution in [0.4, 0.5) is 0 Å². The van der Waals surface area contributed by atoms with Gasteiger partial charge in [0.15, 0.2) is 17.3 Å². The maximum Gasteiger partial charge on any atom is 0.291 e. The van der Waals surface area contributed by atoms with Crippen LogP contribution in [0.5, 0.6) is 11.5 Å². The number of thiazole rings is 1. The van der Waals surface area contributed by atoms with Gasteiger partial charge in [0, 0.05) is 5.56 Å². The van der Waals surface area contributed by atoms with Crippen molar-refractivity contribution in [3.63, 3.8) is 0 Å². The molecule has 0 aliphatic heterocycles. The Kier molecular flexibility index (Phi) is 3.98. The molecule has 126 valence electrons. The number of nitrogens with zero attached hydrogens (tertiary/aromatic N) is 3. The minimum atomic E-state index is -0.194. The van der Waals surface area contributed by atoms with E-state index in [2.05, 4.69) is 10.1 Å². The first-order chi connectivity index (χ1) is 12.2. The number of benzene rings is 1. The lowest BCUT2D eigenvalue weighted by atomic mass is 10.2. The molecule has 0 unspecified atom stereocenters. The molecule has 0 amide bonds. The Bertz CT molecular complexity index is 1150. The zero-order valence-electron chi connectivity index (χ0n) is 13.4. The molecule has 4 rings (SSSR count). The predicted octanol–water partition coefficient (Wildman–Crippen LogP) is 2.44. The fraction of sp³-hybridized carbons (Fsp3) is 0.118. The van der Waals surface area contributed by atoms with E-state index in [0.717, 1.165) is 10.4 Å². The van der Waals surface area contributed by atoms with E-state index in [-0.39, 0.29) is 5.56 Å². The van der Waals surface area contributed by atoms with Crippen molar-refractivity contribution in [3.8, 4) is 22.2 Å². The molecule has 25 heavy (non-hydrogen) atoms. The average molecular weight is 371 g/mol.